The molecule has 92 valence electrons. The Bertz CT molecular complexity index is 452. The maximum absolute atomic E-state index is 4.66. The smallest absolute Gasteiger partial charge is 0.0982 e. The predicted molar refractivity (Wildman–Crippen MR) is 75.7 cm³/mol. The van der Waals surface area contributed by atoms with E-state index in [-0.39, 0.29) is 5.41 Å². The summed E-state index contributed by atoms with van der Waals surface area (Å²) >= 11 is 3.50. The van der Waals surface area contributed by atoms with Gasteiger partial charge < -0.3 is 5.32 Å². The number of aromatic nitrogens is 1. The van der Waals surface area contributed by atoms with Crippen molar-refractivity contribution in [2.75, 3.05) is 0 Å². The van der Waals surface area contributed by atoms with Gasteiger partial charge in [-0.05, 0) is 22.4 Å². The van der Waals surface area contributed by atoms with Crippen LogP contribution >= 0.6 is 22.7 Å². The minimum Gasteiger partial charge on any atom is -0.307 e. The molecule has 0 fully saturated rings. The molecule has 0 aromatic carbocycles. The Morgan fingerprint density at radius 3 is 2.65 bits per heavy atom. The largest absolute Gasteiger partial charge is 0.307 e. The van der Waals surface area contributed by atoms with Gasteiger partial charge in [-0.3, -0.25) is 0 Å². The van der Waals surface area contributed by atoms with Gasteiger partial charge in [0.1, 0.15) is 0 Å². The number of nitrogens with zero attached hydrogens (tertiary/aromatic N) is 1. The standard InChI is InChI=1S/C13H18N2S2/c1-13(2,3)12-15-11(9-17-12)7-14-6-10-4-5-16-8-10/h4-5,8-9,14H,6-7H2,1-3H3. The van der Waals surface area contributed by atoms with E-state index in [4.69, 9.17) is 0 Å². The zero-order chi connectivity index (χ0) is 12.3. The first-order valence-electron chi connectivity index (χ1n) is 5.72. The number of rotatable bonds is 4. The van der Waals surface area contributed by atoms with Crippen molar-refractivity contribution >= 4 is 22.7 Å². The molecule has 2 aromatic heterocycles. The third-order valence-electron chi connectivity index (χ3n) is 2.41. The second-order valence-corrected chi connectivity index (χ2v) is 6.77. The van der Waals surface area contributed by atoms with Crippen LogP contribution in [0.3, 0.4) is 0 Å². The molecule has 0 amide bonds. The molecule has 1 N–H and O–H groups in total. The fraction of sp³-hybridized carbons (Fsp3) is 0.462. The van der Waals surface area contributed by atoms with E-state index < -0.39 is 0 Å². The van der Waals surface area contributed by atoms with E-state index in [0.29, 0.717) is 0 Å². The highest BCUT2D eigenvalue weighted by molar-refractivity contribution is 7.09. The van der Waals surface area contributed by atoms with Gasteiger partial charge >= 0.3 is 0 Å². The molecule has 2 rings (SSSR count). The first kappa shape index (κ1) is 12.7. The second-order valence-electron chi connectivity index (χ2n) is 5.13. The highest BCUT2D eigenvalue weighted by Gasteiger charge is 2.17. The number of thiazole rings is 1. The summed E-state index contributed by atoms with van der Waals surface area (Å²) in [7, 11) is 0. The van der Waals surface area contributed by atoms with Crippen LogP contribution in [0.2, 0.25) is 0 Å². The van der Waals surface area contributed by atoms with E-state index in [1.807, 2.05) is 0 Å². The number of thiophene rings is 1. The zero-order valence-corrected chi connectivity index (χ0v) is 12.1. The predicted octanol–water partition coefficient (Wildman–Crippen LogP) is 3.79. The van der Waals surface area contributed by atoms with Crippen molar-refractivity contribution in [1.29, 1.82) is 0 Å². The zero-order valence-electron chi connectivity index (χ0n) is 10.5. The summed E-state index contributed by atoms with van der Waals surface area (Å²) in [5, 5.41) is 11.1. The Morgan fingerprint density at radius 2 is 2.06 bits per heavy atom. The van der Waals surface area contributed by atoms with Crippen molar-refractivity contribution < 1.29 is 0 Å². The molecule has 0 saturated carbocycles. The lowest BCUT2D eigenvalue weighted by Crippen LogP contribution is -2.14. The first-order valence-corrected chi connectivity index (χ1v) is 7.54. The quantitative estimate of drug-likeness (QED) is 0.910. The molecule has 2 nitrogen and oxygen atoms in total. The summed E-state index contributed by atoms with van der Waals surface area (Å²) in [5.41, 5.74) is 2.66. The lowest BCUT2D eigenvalue weighted by Gasteiger charge is -2.13. The Kier molecular flexibility index (Phi) is 3.97. The average Bonchev–Trinajstić information content (AvgIpc) is 2.86. The topological polar surface area (TPSA) is 24.9 Å². The average molecular weight is 266 g/mol. The van der Waals surface area contributed by atoms with Gasteiger partial charge in [0.05, 0.1) is 10.7 Å². The van der Waals surface area contributed by atoms with Gasteiger partial charge in [0.2, 0.25) is 0 Å². The summed E-state index contributed by atoms with van der Waals surface area (Å²) in [5.74, 6) is 0. The van der Waals surface area contributed by atoms with Gasteiger partial charge in [0.25, 0.3) is 0 Å². The van der Waals surface area contributed by atoms with Crippen LogP contribution in [-0.2, 0) is 18.5 Å². The summed E-state index contributed by atoms with van der Waals surface area (Å²) in [6, 6.07) is 2.15. The van der Waals surface area contributed by atoms with Gasteiger partial charge in [0.15, 0.2) is 0 Å². The van der Waals surface area contributed by atoms with Crippen LogP contribution in [-0.4, -0.2) is 4.98 Å². The van der Waals surface area contributed by atoms with E-state index in [2.05, 4.69) is 53.3 Å². The molecule has 17 heavy (non-hydrogen) atoms. The summed E-state index contributed by atoms with van der Waals surface area (Å²) in [6.07, 6.45) is 0. The van der Waals surface area contributed by atoms with Crippen LogP contribution in [0.4, 0.5) is 0 Å². The van der Waals surface area contributed by atoms with Crippen molar-refractivity contribution in [3.63, 3.8) is 0 Å². The lowest BCUT2D eigenvalue weighted by molar-refractivity contribution is 0.579. The van der Waals surface area contributed by atoms with Crippen LogP contribution in [0.25, 0.3) is 0 Å². The van der Waals surface area contributed by atoms with E-state index in [1.54, 1.807) is 22.7 Å². The van der Waals surface area contributed by atoms with Crippen LogP contribution in [0.15, 0.2) is 22.2 Å². The highest BCUT2D eigenvalue weighted by atomic mass is 32.1. The van der Waals surface area contributed by atoms with Crippen LogP contribution < -0.4 is 5.32 Å². The first-order chi connectivity index (χ1) is 8.05. The molecular weight excluding hydrogens is 248 g/mol. The summed E-state index contributed by atoms with van der Waals surface area (Å²) in [4.78, 5) is 4.66. The van der Waals surface area contributed by atoms with Gasteiger partial charge in [-0.15, -0.1) is 11.3 Å². The van der Waals surface area contributed by atoms with Crippen molar-refractivity contribution in [2.45, 2.75) is 39.3 Å². The van der Waals surface area contributed by atoms with Crippen LogP contribution in [0, 0.1) is 0 Å². The number of hydrogen-bond acceptors (Lipinski definition) is 4. The molecule has 0 aliphatic rings. The van der Waals surface area contributed by atoms with Crippen molar-refractivity contribution in [3.05, 3.63) is 38.5 Å². The fourth-order valence-electron chi connectivity index (χ4n) is 1.46. The van der Waals surface area contributed by atoms with Gasteiger partial charge in [-0.25, -0.2) is 4.98 Å². The molecular formula is C13H18N2S2. The molecule has 0 unspecified atom stereocenters. The Hall–Kier alpha value is -0.710. The molecule has 4 heteroatoms. The van der Waals surface area contributed by atoms with Crippen LogP contribution in [0.1, 0.15) is 37.0 Å². The SMILES string of the molecule is CC(C)(C)c1nc(CNCc2ccsc2)cs1. The number of hydrogen-bond donors (Lipinski definition) is 1. The Morgan fingerprint density at radius 1 is 1.24 bits per heavy atom. The van der Waals surface area contributed by atoms with Crippen LogP contribution in [0.5, 0.6) is 0 Å². The van der Waals surface area contributed by atoms with Crippen molar-refractivity contribution in [1.82, 2.24) is 10.3 Å². The fourth-order valence-corrected chi connectivity index (χ4v) is 3.04. The molecule has 2 heterocycles. The van der Waals surface area contributed by atoms with Crippen molar-refractivity contribution in [3.8, 4) is 0 Å². The monoisotopic (exact) mass is 266 g/mol. The van der Waals surface area contributed by atoms with E-state index in [1.165, 1.54) is 10.6 Å². The van der Waals surface area contributed by atoms with Crippen molar-refractivity contribution in [2.24, 2.45) is 0 Å². The summed E-state index contributed by atoms with van der Waals surface area (Å²) < 4.78 is 0. The molecule has 0 aliphatic heterocycles. The molecule has 0 radical (unpaired) electrons. The third kappa shape index (κ3) is 3.63. The molecule has 0 aliphatic carbocycles. The normalized spacial score (nSPS) is 11.9. The molecule has 0 spiro atoms. The van der Waals surface area contributed by atoms with E-state index in [9.17, 15) is 0 Å². The maximum Gasteiger partial charge on any atom is 0.0982 e. The highest BCUT2D eigenvalue weighted by Crippen LogP contribution is 2.25. The van der Waals surface area contributed by atoms with Gasteiger partial charge in [-0.2, -0.15) is 11.3 Å². The molecule has 2 aromatic rings. The lowest BCUT2D eigenvalue weighted by atomic mass is 9.98. The summed E-state index contributed by atoms with van der Waals surface area (Å²) in [6.45, 7) is 8.38. The minimum atomic E-state index is 0.163. The van der Waals surface area contributed by atoms with E-state index >= 15 is 0 Å². The van der Waals surface area contributed by atoms with E-state index in [0.717, 1.165) is 18.8 Å². The Labute approximate surface area is 111 Å². The third-order valence-corrected chi connectivity index (χ3v) is 4.46. The molecule has 0 bridgehead atoms. The second kappa shape index (κ2) is 5.29. The van der Waals surface area contributed by atoms with Gasteiger partial charge in [0, 0.05) is 23.9 Å². The Balaban J connectivity index is 1.85. The number of nitrogens with one attached hydrogen (secondary N) is 1. The maximum atomic E-state index is 4.66. The van der Waals surface area contributed by atoms with Gasteiger partial charge in [-0.1, -0.05) is 20.8 Å². The molecule has 0 atom stereocenters. The minimum absolute atomic E-state index is 0.163. The molecule has 0 saturated heterocycles.